The van der Waals surface area contributed by atoms with E-state index in [0.717, 1.165) is 34.1 Å². The fourth-order valence-electron chi connectivity index (χ4n) is 3.25. The van der Waals surface area contributed by atoms with Crippen LogP contribution in [0.5, 0.6) is 0 Å². The van der Waals surface area contributed by atoms with E-state index >= 15 is 0 Å². The molecule has 1 saturated heterocycles. The van der Waals surface area contributed by atoms with Gasteiger partial charge in [-0.25, -0.2) is 4.79 Å². The summed E-state index contributed by atoms with van der Waals surface area (Å²) in [5, 5.41) is 9.41. The minimum atomic E-state index is -0.696. The van der Waals surface area contributed by atoms with Gasteiger partial charge in [-0.15, -0.1) is 0 Å². The number of aromatic nitrogens is 4. The number of imidazole rings is 1. The monoisotopic (exact) mass is 373 g/mol. The van der Waals surface area contributed by atoms with Gasteiger partial charge in [0.25, 0.3) is 5.56 Å². The first-order valence-corrected chi connectivity index (χ1v) is 8.61. The molecule has 2 N–H and O–H groups in total. The molecule has 0 aromatic carbocycles. The van der Waals surface area contributed by atoms with Crippen LogP contribution >= 0.6 is 0 Å². The zero-order valence-electron chi connectivity index (χ0n) is 15.3. The molecule has 1 atom stereocenters. The van der Waals surface area contributed by atoms with Gasteiger partial charge in [0.2, 0.25) is 5.95 Å². The molecule has 1 aliphatic heterocycles. The van der Waals surface area contributed by atoms with Gasteiger partial charge in [-0.1, -0.05) is 19.1 Å². The zero-order chi connectivity index (χ0) is 19.0. The number of nitriles is 1. The molecule has 27 heavy (non-hydrogen) atoms. The number of hydrogen-bond donors (Lipinski definition) is 1. The number of fused-ring (bicyclic) bond motifs is 1. The fourth-order valence-corrected chi connectivity index (χ4v) is 3.25. The molecule has 1 aliphatic rings. The summed E-state index contributed by atoms with van der Waals surface area (Å²) in [4.78, 5) is 31.6. The van der Waals surface area contributed by atoms with Gasteiger partial charge in [0, 0.05) is 32.7 Å². The number of nitrogens with two attached hydrogens (primary N) is 1. The molecule has 0 bridgehead atoms. The Labute approximate surface area is 157 Å². The summed E-state index contributed by atoms with van der Waals surface area (Å²) in [7, 11) is 1.37. The van der Waals surface area contributed by atoms with E-state index in [9.17, 15) is 14.9 Å². The number of hydrogen-bond acceptors (Lipinski definition) is 6. The molecule has 9 nitrogen and oxygen atoms in total. The molecule has 1 unspecified atom stereocenters. The first kappa shape index (κ1) is 20.5. The van der Waals surface area contributed by atoms with E-state index in [2.05, 4.69) is 4.98 Å². The van der Waals surface area contributed by atoms with E-state index in [1.165, 1.54) is 7.05 Å². The van der Waals surface area contributed by atoms with Crippen LogP contribution in [0.15, 0.2) is 21.2 Å². The topological polar surface area (TPSA) is 115 Å². The maximum absolute atomic E-state index is 12.8. The second kappa shape index (κ2) is 7.80. The smallest absolute Gasteiger partial charge is 0.341 e. The van der Waals surface area contributed by atoms with Crippen LogP contribution in [0.25, 0.3) is 11.2 Å². The Bertz CT molecular complexity index is 1030. The Morgan fingerprint density at radius 3 is 2.70 bits per heavy atom. The van der Waals surface area contributed by atoms with Gasteiger partial charge >= 0.3 is 5.69 Å². The molecular weight excluding hydrogens is 346 g/mol. The van der Waals surface area contributed by atoms with Crippen LogP contribution < -0.4 is 21.9 Å². The molecule has 0 saturated carbocycles. The van der Waals surface area contributed by atoms with Crippen LogP contribution in [0.4, 0.5) is 5.95 Å². The normalized spacial score (nSPS) is 16.7. The lowest BCUT2D eigenvalue weighted by Crippen LogP contribution is -2.44. The van der Waals surface area contributed by atoms with Crippen molar-refractivity contribution >= 4 is 17.1 Å². The summed E-state index contributed by atoms with van der Waals surface area (Å²) in [5.41, 5.74) is 6.38. The van der Waals surface area contributed by atoms with Gasteiger partial charge in [0.05, 0.1) is 0 Å². The molecule has 3 rings (SSSR count). The van der Waals surface area contributed by atoms with Crippen LogP contribution in [0.2, 0.25) is 0 Å². The average Bonchev–Trinajstić information content (AvgIpc) is 2.98. The number of anilines is 1. The minimum absolute atomic E-state index is 0. The fraction of sp³-hybridized carbons (Fsp3) is 0.556. The Hall–Kier alpha value is -2.86. The Balaban J connectivity index is 0.00000261. The highest BCUT2D eigenvalue weighted by atomic mass is 16.2. The number of rotatable bonds is 3. The van der Waals surface area contributed by atoms with Gasteiger partial charge in [0.15, 0.2) is 17.4 Å². The maximum Gasteiger partial charge on any atom is 0.346 e. The second-order valence-corrected chi connectivity index (χ2v) is 6.91. The van der Waals surface area contributed by atoms with Crippen LogP contribution in [0, 0.1) is 11.5 Å². The molecule has 0 aliphatic carbocycles. The average molecular weight is 373 g/mol. The highest BCUT2D eigenvalue weighted by Gasteiger charge is 2.26. The van der Waals surface area contributed by atoms with Crippen LogP contribution in [-0.4, -0.2) is 37.8 Å². The summed E-state index contributed by atoms with van der Waals surface area (Å²) in [6, 6.07) is 0.0291. The van der Waals surface area contributed by atoms with E-state index in [-0.39, 0.29) is 24.6 Å². The van der Waals surface area contributed by atoms with Crippen molar-refractivity contribution < 1.29 is 0 Å². The van der Waals surface area contributed by atoms with Crippen molar-refractivity contribution in [2.45, 2.75) is 46.7 Å². The molecule has 3 heterocycles. The summed E-state index contributed by atoms with van der Waals surface area (Å²) in [5.74, 6) is 0.569. The van der Waals surface area contributed by atoms with E-state index in [1.54, 1.807) is 4.57 Å². The van der Waals surface area contributed by atoms with Gasteiger partial charge in [-0.3, -0.25) is 9.36 Å². The Morgan fingerprint density at radius 1 is 1.41 bits per heavy atom. The quantitative estimate of drug-likeness (QED) is 0.794. The number of piperidine rings is 1. The lowest BCUT2D eigenvalue weighted by atomic mass is 10.1. The number of nitrogens with zero attached hydrogens (tertiary/aromatic N) is 6. The van der Waals surface area contributed by atoms with Crippen molar-refractivity contribution in [3.05, 3.63) is 32.5 Å². The molecule has 146 valence electrons. The zero-order valence-corrected chi connectivity index (χ0v) is 15.3. The first-order chi connectivity index (χ1) is 12.3. The predicted octanol–water partition coefficient (Wildman–Crippen LogP) is 0.756. The minimum Gasteiger partial charge on any atom is -0.341 e. The summed E-state index contributed by atoms with van der Waals surface area (Å²) < 4.78 is 3.58. The third-order valence-electron chi connectivity index (χ3n) is 4.65. The van der Waals surface area contributed by atoms with Crippen molar-refractivity contribution in [1.82, 2.24) is 18.7 Å². The van der Waals surface area contributed by atoms with Gasteiger partial charge in [0.1, 0.15) is 0 Å². The first-order valence-electron chi connectivity index (χ1n) is 8.61. The molecule has 2 aromatic rings. The van der Waals surface area contributed by atoms with Crippen molar-refractivity contribution in [2.75, 3.05) is 18.0 Å². The predicted molar refractivity (Wildman–Crippen MR) is 106 cm³/mol. The van der Waals surface area contributed by atoms with E-state index in [0.29, 0.717) is 19.0 Å². The van der Waals surface area contributed by atoms with Crippen molar-refractivity contribution in [2.24, 2.45) is 12.8 Å². The molecular formula is C18H27N7O2. The second-order valence-electron chi connectivity index (χ2n) is 6.91. The summed E-state index contributed by atoms with van der Waals surface area (Å²) in [6.45, 7) is 5.76. The lowest BCUT2D eigenvalue weighted by Gasteiger charge is -2.31. The van der Waals surface area contributed by atoms with E-state index in [4.69, 9.17) is 5.73 Å². The Kier molecular flexibility index (Phi) is 5.91. The van der Waals surface area contributed by atoms with Crippen molar-refractivity contribution in [1.29, 1.82) is 5.26 Å². The highest BCUT2D eigenvalue weighted by molar-refractivity contribution is 5.75. The molecule has 0 amide bonds. The van der Waals surface area contributed by atoms with Crippen LogP contribution in [0.1, 0.15) is 34.1 Å². The molecule has 0 radical (unpaired) electrons. The SMILES string of the molecule is C.CC(C)=CCn1c(N2CCCC(N)C2)nc2c1c(=O)n(C)c(=O)n2C#N. The third-order valence-corrected chi connectivity index (χ3v) is 4.65. The van der Waals surface area contributed by atoms with E-state index < -0.39 is 11.2 Å². The maximum atomic E-state index is 12.8. The van der Waals surface area contributed by atoms with Crippen molar-refractivity contribution in [3.8, 4) is 6.19 Å². The van der Waals surface area contributed by atoms with Gasteiger partial charge in [-0.05, 0) is 26.7 Å². The lowest BCUT2D eigenvalue weighted by molar-refractivity contribution is 0.495. The molecule has 0 spiro atoms. The number of allylic oxidation sites excluding steroid dienone is 2. The van der Waals surface area contributed by atoms with E-state index in [1.807, 2.05) is 31.0 Å². The van der Waals surface area contributed by atoms with Gasteiger partial charge in [-0.2, -0.15) is 14.8 Å². The summed E-state index contributed by atoms with van der Waals surface area (Å²) in [6.07, 6.45) is 5.68. The third kappa shape index (κ3) is 3.53. The highest BCUT2D eigenvalue weighted by Crippen LogP contribution is 2.23. The molecule has 9 heteroatoms. The Morgan fingerprint density at radius 2 is 2.11 bits per heavy atom. The summed E-state index contributed by atoms with van der Waals surface area (Å²) >= 11 is 0. The largest absolute Gasteiger partial charge is 0.346 e. The molecule has 1 fully saturated rings. The standard InChI is InChI=1S/C17H23N7O2.CH4/c1-11(2)6-8-23-13-14(24(10-18)17(26)21(3)15(13)25)20-16(23)22-7-4-5-12(19)9-22;/h6,12H,4-5,7-9,19H2,1-3H3;1H4. The van der Waals surface area contributed by atoms with Crippen LogP contribution in [0.3, 0.4) is 0 Å². The van der Waals surface area contributed by atoms with Crippen molar-refractivity contribution in [3.63, 3.8) is 0 Å². The van der Waals surface area contributed by atoms with Crippen LogP contribution in [-0.2, 0) is 13.6 Å². The molecule has 2 aromatic heterocycles. The van der Waals surface area contributed by atoms with Gasteiger partial charge < -0.3 is 15.2 Å².